The van der Waals surface area contributed by atoms with Crippen LogP contribution >= 0.6 is 11.8 Å². The quantitative estimate of drug-likeness (QED) is 0.326. The molecule has 0 amide bonds. The van der Waals surface area contributed by atoms with Crippen molar-refractivity contribution in [1.82, 2.24) is 0 Å². The summed E-state index contributed by atoms with van der Waals surface area (Å²) in [6.45, 7) is 4.43. The second kappa shape index (κ2) is 10.2. The van der Waals surface area contributed by atoms with Crippen molar-refractivity contribution in [1.29, 1.82) is 0 Å². The molecule has 23 heavy (non-hydrogen) atoms. The zero-order valence-electron chi connectivity index (χ0n) is 14.3. The van der Waals surface area contributed by atoms with Crippen molar-refractivity contribution in [2.45, 2.75) is 50.8 Å². The second-order valence-electron chi connectivity index (χ2n) is 5.73. The summed E-state index contributed by atoms with van der Waals surface area (Å²) >= 11 is 1.95. The van der Waals surface area contributed by atoms with Crippen LogP contribution in [0.15, 0.2) is 53.4 Å². The lowest BCUT2D eigenvalue weighted by molar-refractivity contribution is 0.706. The molecule has 1 heteroatoms. The molecule has 0 aliphatic heterocycles. The lowest BCUT2D eigenvalue weighted by atomic mass is 10.1. The molecule has 2 aromatic carbocycles. The van der Waals surface area contributed by atoms with Crippen molar-refractivity contribution in [3.8, 4) is 11.8 Å². The highest BCUT2D eigenvalue weighted by molar-refractivity contribution is 7.99. The standard InChI is InChI=1S/C22H26S/c1-3-5-6-7-18-23-22-16-14-21(15-17-22)13-12-20-10-8-19(4-2)9-11-20/h8-11,14-17H,3-7,18H2,1-2H3. The van der Waals surface area contributed by atoms with E-state index in [0.717, 1.165) is 17.5 Å². The normalized spacial score (nSPS) is 10.2. The fourth-order valence-corrected chi connectivity index (χ4v) is 3.23. The lowest BCUT2D eigenvalue weighted by Gasteiger charge is -2.01. The summed E-state index contributed by atoms with van der Waals surface area (Å²) in [5.74, 6) is 7.71. The Hall–Kier alpha value is -1.65. The molecule has 0 heterocycles. The zero-order valence-corrected chi connectivity index (χ0v) is 15.1. The molecule has 0 radical (unpaired) electrons. The van der Waals surface area contributed by atoms with Crippen molar-refractivity contribution in [3.05, 3.63) is 65.2 Å². The van der Waals surface area contributed by atoms with Crippen molar-refractivity contribution in [2.24, 2.45) is 0 Å². The molecule has 0 aromatic heterocycles. The molecular formula is C22H26S. The smallest absolute Gasteiger partial charge is 0.0249 e. The van der Waals surface area contributed by atoms with E-state index < -0.39 is 0 Å². The molecule has 2 aromatic rings. The van der Waals surface area contributed by atoms with Crippen LogP contribution in [-0.2, 0) is 6.42 Å². The van der Waals surface area contributed by atoms with E-state index in [1.54, 1.807) is 0 Å². The van der Waals surface area contributed by atoms with Gasteiger partial charge in [-0.1, -0.05) is 57.1 Å². The van der Waals surface area contributed by atoms with E-state index in [0.29, 0.717) is 0 Å². The minimum Gasteiger partial charge on any atom is -0.126 e. The summed E-state index contributed by atoms with van der Waals surface area (Å²) < 4.78 is 0. The number of unbranched alkanes of at least 4 members (excludes halogenated alkanes) is 3. The largest absolute Gasteiger partial charge is 0.126 e. The van der Waals surface area contributed by atoms with Gasteiger partial charge in [0.15, 0.2) is 0 Å². The number of benzene rings is 2. The Labute approximate surface area is 145 Å². The van der Waals surface area contributed by atoms with Crippen molar-refractivity contribution < 1.29 is 0 Å². The average Bonchev–Trinajstić information content (AvgIpc) is 2.61. The highest BCUT2D eigenvalue weighted by Crippen LogP contribution is 2.20. The van der Waals surface area contributed by atoms with Gasteiger partial charge in [-0.25, -0.2) is 0 Å². The summed E-state index contributed by atoms with van der Waals surface area (Å²) in [7, 11) is 0. The number of thioether (sulfide) groups is 1. The summed E-state index contributed by atoms with van der Waals surface area (Å²) in [4.78, 5) is 1.35. The topological polar surface area (TPSA) is 0 Å². The van der Waals surface area contributed by atoms with Gasteiger partial charge in [-0.3, -0.25) is 0 Å². The third-order valence-corrected chi connectivity index (χ3v) is 4.93. The molecule has 0 aliphatic carbocycles. The molecule has 2 rings (SSSR count). The van der Waals surface area contributed by atoms with Crippen molar-refractivity contribution >= 4 is 11.8 Å². The molecule has 0 aliphatic rings. The first-order valence-corrected chi connectivity index (χ1v) is 9.64. The Kier molecular flexibility index (Phi) is 7.84. The van der Waals surface area contributed by atoms with Crippen LogP contribution in [0.3, 0.4) is 0 Å². The van der Waals surface area contributed by atoms with Gasteiger partial charge >= 0.3 is 0 Å². The first-order chi connectivity index (χ1) is 11.3. The van der Waals surface area contributed by atoms with Crippen molar-refractivity contribution in [3.63, 3.8) is 0 Å². The fourth-order valence-electron chi connectivity index (χ4n) is 2.32. The first-order valence-electron chi connectivity index (χ1n) is 8.65. The Morgan fingerprint density at radius 3 is 1.91 bits per heavy atom. The molecule has 0 spiro atoms. The number of hydrogen-bond acceptors (Lipinski definition) is 1. The van der Waals surface area contributed by atoms with Gasteiger partial charge in [0.25, 0.3) is 0 Å². The van der Waals surface area contributed by atoms with Crippen molar-refractivity contribution in [2.75, 3.05) is 5.75 Å². The minimum atomic E-state index is 1.07. The Balaban J connectivity index is 1.86. The third kappa shape index (κ3) is 6.55. The van der Waals surface area contributed by atoms with Crippen LogP contribution in [0, 0.1) is 11.8 Å². The highest BCUT2D eigenvalue weighted by atomic mass is 32.2. The van der Waals surface area contributed by atoms with E-state index in [1.165, 1.54) is 41.9 Å². The van der Waals surface area contributed by atoms with Gasteiger partial charge in [-0.05, 0) is 60.6 Å². The van der Waals surface area contributed by atoms with Gasteiger partial charge in [-0.2, -0.15) is 0 Å². The Morgan fingerprint density at radius 1 is 0.739 bits per heavy atom. The van der Waals surface area contributed by atoms with Gasteiger partial charge < -0.3 is 0 Å². The predicted octanol–water partition coefficient (Wildman–Crippen LogP) is 6.32. The Bertz CT molecular complexity index is 626. The number of hydrogen-bond donors (Lipinski definition) is 0. The van der Waals surface area contributed by atoms with Gasteiger partial charge in [-0.15, -0.1) is 11.8 Å². The maximum Gasteiger partial charge on any atom is 0.0249 e. The first kappa shape index (κ1) is 17.7. The Morgan fingerprint density at radius 2 is 1.35 bits per heavy atom. The van der Waals surface area contributed by atoms with Gasteiger partial charge in [0, 0.05) is 16.0 Å². The highest BCUT2D eigenvalue weighted by Gasteiger charge is 1.95. The molecule has 0 fully saturated rings. The molecule has 0 unspecified atom stereocenters. The molecule has 0 saturated carbocycles. The summed E-state index contributed by atoms with van der Waals surface area (Å²) in [5, 5.41) is 0. The minimum absolute atomic E-state index is 1.07. The maximum absolute atomic E-state index is 3.25. The third-order valence-electron chi connectivity index (χ3n) is 3.83. The summed E-state index contributed by atoms with van der Waals surface area (Å²) in [5.41, 5.74) is 3.52. The van der Waals surface area contributed by atoms with Crippen LogP contribution < -0.4 is 0 Å². The molecule has 0 saturated heterocycles. The average molecular weight is 323 g/mol. The SMILES string of the molecule is CCCCCCSc1ccc(C#Cc2ccc(CC)cc2)cc1. The maximum atomic E-state index is 3.25. The zero-order chi connectivity index (χ0) is 16.3. The fraction of sp³-hybridized carbons (Fsp3) is 0.364. The van der Waals surface area contributed by atoms with E-state index in [9.17, 15) is 0 Å². The molecule has 120 valence electrons. The molecular weight excluding hydrogens is 296 g/mol. The van der Waals surface area contributed by atoms with E-state index in [1.807, 2.05) is 11.8 Å². The van der Waals surface area contributed by atoms with Gasteiger partial charge in [0.2, 0.25) is 0 Å². The van der Waals surface area contributed by atoms with Crippen LogP contribution in [-0.4, -0.2) is 5.75 Å². The number of aryl methyl sites for hydroxylation is 1. The lowest BCUT2D eigenvalue weighted by Crippen LogP contribution is -1.82. The number of rotatable bonds is 7. The molecule has 0 nitrogen and oxygen atoms in total. The van der Waals surface area contributed by atoms with E-state index in [4.69, 9.17) is 0 Å². The van der Waals surface area contributed by atoms with Crippen LogP contribution in [0.4, 0.5) is 0 Å². The van der Waals surface area contributed by atoms with Gasteiger partial charge in [0.05, 0.1) is 0 Å². The monoisotopic (exact) mass is 322 g/mol. The molecule has 0 bridgehead atoms. The van der Waals surface area contributed by atoms with Crippen LogP contribution in [0.1, 0.15) is 56.2 Å². The van der Waals surface area contributed by atoms with Crippen LogP contribution in [0.25, 0.3) is 0 Å². The van der Waals surface area contributed by atoms with E-state index in [2.05, 4.69) is 74.2 Å². The van der Waals surface area contributed by atoms with Crippen LogP contribution in [0.5, 0.6) is 0 Å². The van der Waals surface area contributed by atoms with E-state index >= 15 is 0 Å². The summed E-state index contributed by atoms with van der Waals surface area (Å²) in [6.07, 6.45) is 6.40. The molecule has 0 N–H and O–H groups in total. The predicted molar refractivity (Wildman–Crippen MR) is 103 cm³/mol. The van der Waals surface area contributed by atoms with Crippen LogP contribution in [0.2, 0.25) is 0 Å². The second-order valence-corrected chi connectivity index (χ2v) is 6.90. The summed E-state index contributed by atoms with van der Waals surface area (Å²) in [6, 6.07) is 17.1. The molecule has 0 atom stereocenters. The van der Waals surface area contributed by atoms with E-state index in [-0.39, 0.29) is 0 Å². The van der Waals surface area contributed by atoms with Gasteiger partial charge in [0.1, 0.15) is 0 Å².